The van der Waals surface area contributed by atoms with Crippen molar-refractivity contribution >= 4 is 11.7 Å². The Kier molecular flexibility index (Phi) is 8.91. The zero-order chi connectivity index (χ0) is 20.4. The molecule has 0 heterocycles. The second kappa shape index (κ2) is 11.4. The Labute approximate surface area is 165 Å². The quantitative estimate of drug-likeness (QED) is 0.398. The predicted octanol–water partition coefficient (Wildman–Crippen LogP) is 2.15. The average Bonchev–Trinajstić information content (AvgIpc) is 2.94. The van der Waals surface area contributed by atoms with Crippen molar-refractivity contribution in [2.45, 2.75) is 44.3 Å². The minimum atomic E-state index is -0.826. The van der Waals surface area contributed by atoms with Gasteiger partial charge >= 0.3 is 0 Å². The number of unbranched alkanes of at least 4 members (excludes halogenated alkanes) is 1. The van der Waals surface area contributed by atoms with E-state index in [2.05, 4.69) is 0 Å². The van der Waals surface area contributed by atoms with E-state index in [9.17, 15) is 19.8 Å². The molecule has 1 aliphatic carbocycles. The lowest BCUT2D eigenvalue weighted by Gasteiger charge is -2.17. The molecule has 0 bridgehead atoms. The van der Waals surface area contributed by atoms with Gasteiger partial charge in [-0.15, -0.1) is 0 Å². The number of para-hydroxylation sites is 1. The number of Topliss-reactive ketones (excluding diaryl/α,β-unsaturated/α-hetero) is 1. The Hall–Kier alpha value is -2.44. The third-order valence-corrected chi connectivity index (χ3v) is 4.80. The van der Waals surface area contributed by atoms with Gasteiger partial charge in [0, 0.05) is 24.7 Å². The summed E-state index contributed by atoms with van der Waals surface area (Å²) in [5.74, 6) is -0.248. The van der Waals surface area contributed by atoms with Crippen molar-refractivity contribution in [2.24, 2.45) is 17.6 Å². The van der Waals surface area contributed by atoms with Gasteiger partial charge in [-0.25, -0.2) is 0 Å². The number of ether oxygens (including phenoxy) is 1. The summed E-state index contributed by atoms with van der Waals surface area (Å²) in [4.78, 5) is 22.9. The van der Waals surface area contributed by atoms with Gasteiger partial charge in [0.05, 0.1) is 6.10 Å². The number of carbonyl (C=O) groups excluding carboxylic acids is 2. The number of amides is 1. The summed E-state index contributed by atoms with van der Waals surface area (Å²) in [6, 6.07) is 9.20. The molecule has 0 aliphatic heterocycles. The van der Waals surface area contributed by atoms with Crippen LogP contribution >= 0.6 is 0 Å². The van der Waals surface area contributed by atoms with E-state index in [0.717, 1.165) is 6.42 Å². The van der Waals surface area contributed by atoms with Crippen molar-refractivity contribution in [3.8, 4) is 5.75 Å². The summed E-state index contributed by atoms with van der Waals surface area (Å²) >= 11 is 0. The molecule has 0 spiro atoms. The first-order chi connectivity index (χ1) is 13.5. The zero-order valence-corrected chi connectivity index (χ0v) is 15.9. The third-order valence-electron chi connectivity index (χ3n) is 4.80. The minimum Gasteiger partial charge on any atom is -0.491 e. The Morgan fingerprint density at radius 3 is 2.75 bits per heavy atom. The van der Waals surface area contributed by atoms with E-state index in [1.807, 2.05) is 42.5 Å². The lowest BCUT2D eigenvalue weighted by molar-refractivity contribution is -0.121. The van der Waals surface area contributed by atoms with Crippen LogP contribution in [0.2, 0.25) is 0 Å². The number of primary amides is 1. The van der Waals surface area contributed by atoms with Crippen LogP contribution in [0, 0.1) is 11.8 Å². The summed E-state index contributed by atoms with van der Waals surface area (Å²) in [5.41, 5.74) is 5.10. The molecule has 1 aromatic carbocycles. The summed E-state index contributed by atoms with van der Waals surface area (Å²) in [5, 5.41) is 20.3. The molecule has 152 valence electrons. The first-order valence-corrected chi connectivity index (χ1v) is 9.65. The molecular formula is C22H29NO5. The number of rotatable bonds is 11. The fourth-order valence-corrected chi connectivity index (χ4v) is 3.29. The van der Waals surface area contributed by atoms with Gasteiger partial charge in [0.2, 0.25) is 5.91 Å². The van der Waals surface area contributed by atoms with Gasteiger partial charge in [-0.1, -0.05) is 42.5 Å². The molecule has 4 atom stereocenters. The number of carbonyl (C=O) groups is 2. The normalized spacial score (nSPS) is 23.5. The number of benzene rings is 1. The van der Waals surface area contributed by atoms with Crippen molar-refractivity contribution in [1.82, 2.24) is 0 Å². The van der Waals surface area contributed by atoms with Crippen molar-refractivity contribution in [2.75, 3.05) is 6.61 Å². The van der Waals surface area contributed by atoms with Gasteiger partial charge in [0.25, 0.3) is 0 Å². The van der Waals surface area contributed by atoms with Crippen molar-refractivity contribution in [3.05, 3.63) is 54.6 Å². The molecule has 1 aromatic rings. The monoisotopic (exact) mass is 387 g/mol. The summed E-state index contributed by atoms with van der Waals surface area (Å²) in [7, 11) is 0. The maximum Gasteiger partial charge on any atom is 0.217 e. The van der Waals surface area contributed by atoms with E-state index in [4.69, 9.17) is 10.5 Å². The Balaban J connectivity index is 1.82. The topological polar surface area (TPSA) is 110 Å². The van der Waals surface area contributed by atoms with E-state index in [0.29, 0.717) is 25.0 Å². The summed E-state index contributed by atoms with van der Waals surface area (Å²) < 4.78 is 5.50. The molecule has 4 N–H and O–H groups in total. The van der Waals surface area contributed by atoms with Crippen LogP contribution in [0.4, 0.5) is 0 Å². The van der Waals surface area contributed by atoms with Gasteiger partial charge < -0.3 is 20.7 Å². The minimum absolute atomic E-state index is 0.0268. The van der Waals surface area contributed by atoms with Crippen LogP contribution in [0.5, 0.6) is 5.75 Å². The third kappa shape index (κ3) is 7.29. The highest BCUT2D eigenvalue weighted by Crippen LogP contribution is 2.33. The lowest BCUT2D eigenvalue weighted by Crippen LogP contribution is -2.20. The highest BCUT2D eigenvalue weighted by Gasteiger charge is 2.39. The smallest absolute Gasteiger partial charge is 0.217 e. The molecule has 0 unspecified atom stereocenters. The molecule has 28 heavy (non-hydrogen) atoms. The molecule has 2 rings (SSSR count). The first-order valence-electron chi connectivity index (χ1n) is 9.65. The number of ketones is 1. The van der Waals surface area contributed by atoms with E-state index in [1.54, 1.807) is 12.2 Å². The van der Waals surface area contributed by atoms with Gasteiger partial charge in [0.1, 0.15) is 24.2 Å². The standard InChI is InChI=1S/C22H29NO5/c23-22(27)11-7-2-1-6-10-18-19(21(26)14-20(18)25)13-12-16(24)15-28-17-8-4-3-5-9-17/h1,3-6,8-9,12-13,16,18-19,21,24,26H,2,7,10-11,14-15H2,(H2,23,27)/b6-1-,13-12+/t16-,18-,19-,21-/m1/s1. The highest BCUT2D eigenvalue weighted by atomic mass is 16.5. The van der Waals surface area contributed by atoms with Crippen molar-refractivity contribution < 1.29 is 24.5 Å². The van der Waals surface area contributed by atoms with Crippen LogP contribution in [-0.2, 0) is 9.59 Å². The van der Waals surface area contributed by atoms with E-state index < -0.39 is 12.2 Å². The molecule has 1 saturated carbocycles. The van der Waals surface area contributed by atoms with Crippen LogP contribution in [0.3, 0.4) is 0 Å². The molecule has 6 nitrogen and oxygen atoms in total. The largest absolute Gasteiger partial charge is 0.491 e. The van der Waals surface area contributed by atoms with Gasteiger partial charge in [-0.05, 0) is 31.4 Å². The Bertz CT molecular complexity index is 685. The molecule has 6 heteroatoms. The summed E-state index contributed by atoms with van der Waals surface area (Å²) in [6.07, 6.45) is 8.00. The van der Waals surface area contributed by atoms with E-state index in [1.165, 1.54) is 0 Å². The molecule has 0 radical (unpaired) electrons. The number of allylic oxidation sites excluding steroid dienone is 2. The van der Waals surface area contributed by atoms with Crippen LogP contribution in [0.25, 0.3) is 0 Å². The number of hydrogen-bond acceptors (Lipinski definition) is 5. The molecule has 1 fully saturated rings. The first kappa shape index (κ1) is 21.9. The second-order valence-electron chi connectivity index (χ2n) is 7.06. The van der Waals surface area contributed by atoms with Gasteiger partial charge in [0.15, 0.2) is 0 Å². The van der Waals surface area contributed by atoms with Crippen LogP contribution in [0.1, 0.15) is 32.1 Å². The number of hydrogen-bond donors (Lipinski definition) is 3. The second-order valence-corrected chi connectivity index (χ2v) is 7.06. The molecule has 0 aromatic heterocycles. The van der Waals surface area contributed by atoms with E-state index in [-0.39, 0.29) is 36.6 Å². The Morgan fingerprint density at radius 1 is 1.29 bits per heavy atom. The molecule has 0 saturated heterocycles. The Morgan fingerprint density at radius 2 is 2.04 bits per heavy atom. The molecular weight excluding hydrogens is 358 g/mol. The predicted molar refractivity (Wildman–Crippen MR) is 106 cm³/mol. The van der Waals surface area contributed by atoms with Gasteiger partial charge in [-0.3, -0.25) is 9.59 Å². The SMILES string of the molecule is NC(=O)CCC/C=C\C[C@H]1C(=O)C[C@@H](O)[C@@H]1/C=C/[C@@H](O)COc1ccccc1. The fourth-order valence-electron chi connectivity index (χ4n) is 3.29. The average molecular weight is 387 g/mol. The van der Waals surface area contributed by atoms with E-state index >= 15 is 0 Å². The number of aliphatic hydroxyl groups is 2. The zero-order valence-electron chi connectivity index (χ0n) is 15.9. The number of nitrogens with two attached hydrogens (primary N) is 1. The molecule has 1 amide bonds. The molecule has 1 aliphatic rings. The summed E-state index contributed by atoms with van der Waals surface area (Å²) in [6.45, 7) is 0.0989. The van der Waals surface area contributed by atoms with Crippen LogP contribution in [-0.4, -0.2) is 40.7 Å². The van der Waals surface area contributed by atoms with Crippen molar-refractivity contribution in [1.29, 1.82) is 0 Å². The highest BCUT2D eigenvalue weighted by molar-refractivity contribution is 5.84. The van der Waals surface area contributed by atoms with Crippen LogP contribution in [0.15, 0.2) is 54.6 Å². The van der Waals surface area contributed by atoms with Crippen LogP contribution < -0.4 is 10.5 Å². The fraction of sp³-hybridized carbons (Fsp3) is 0.455. The van der Waals surface area contributed by atoms with Gasteiger partial charge in [-0.2, -0.15) is 0 Å². The number of aliphatic hydroxyl groups excluding tert-OH is 2. The lowest BCUT2D eigenvalue weighted by atomic mass is 9.90. The maximum absolute atomic E-state index is 12.2. The maximum atomic E-state index is 12.2. The van der Waals surface area contributed by atoms with Crippen molar-refractivity contribution in [3.63, 3.8) is 0 Å².